The predicted octanol–water partition coefficient (Wildman–Crippen LogP) is 1.67. The van der Waals surface area contributed by atoms with Gasteiger partial charge >= 0.3 is 5.97 Å². The fraction of sp³-hybridized carbons (Fsp3) is 0.0833. The number of hydrogen-bond acceptors (Lipinski definition) is 4. The van der Waals surface area contributed by atoms with Crippen LogP contribution in [0.15, 0.2) is 41.7 Å². The summed E-state index contributed by atoms with van der Waals surface area (Å²) in [5.41, 5.74) is 1.59. The van der Waals surface area contributed by atoms with Gasteiger partial charge in [0, 0.05) is 17.1 Å². The minimum atomic E-state index is -1.06. The molecule has 0 saturated heterocycles. The maximum absolute atomic E-state index is 10.2. The van der Waals surface area contributed by atoms with E-state index in [1.54, 1.807) is 6.20 Å². The normalized spacial score (nSPS) is 10.8. The van der Waals surface area contributed by atoms with Crippen LogP contribution in [0.5, 0.6) is 0 Å². The van der Waals surface area contributed by atoms with Gasteiger partial charge < -0.3 is 9.94 Å². The van der Waals surface area contributed by atoms with E-state index in [1.165, 1.54) is 6.21 Å². The van der Waals surface area contributed by atoms with E-state index >= 15 is 0 Å². The number of aromatic nitrogens is 1. The molecule has 5 nitrogen and oxygen atoms in total. The topological polar surface area (TPSA) is 71.8 Å². The third-order valence-electron chi connectivity index (χ3n) is 2.12. The highest BCUT2D eigenvalue weighted by atomic mass is 16.6. The van der Waals surface area contributed by atoms with E-state index in [0.717, 1.165) is 16.5 Å². The van der Waals surface area contributed by atoms with Crippen molar-refractivity contribution < 1.29 is 14.7 Å². The number of pyridine rings is 1. The largest absolute Gasteiger partial charge is 0.479 e. The third kappa shape index (κ3) is 2.78. The van der Waals surface area contributed by atoms with Crippen LogP contribution in [0, 0.1) is 0 Å². The smallest absolute Gasteiger partial charge is 0.344 e. The third-order valence-corrected chi connectivity index (χ3v) is 2.12. The van der Waals surface area contributed by atoms with Gasteiger partial charge in [-0.1, -0.05) is 29.4 Å². The molecule has 5 heteroatoms. The second-order valence-electron chi connectivity index (χ2n) is 3.32. The average molecular weight is 230 g/mol. The molecule has 0 bridgehead atoms. The Hall–Kier alpha value is -2.43. The molecule has 0 aliphatic rings. The summed E-state index contributed by atoms with van der Waals surface area (Å²) in [6.07, 6.45) is 3.15. The van der Waals surface area contributed by atoms with Crippen molar-refractivity contribution in [1.82, 2.24) is 4.98 Å². The summed E-state index contributed by atoms with van der Waals surface area (Å²) >= 11 is 0. The van der Waals surface area contributed by atoms with Crippen LogP contribution in [0.4, 0.5) is 0 Å². The van der Waals surface area contributed by atoms with E-state index in [4.69, 9.17) is 5.11 Å². The van der Waals surface area contributed by atoms with Gasteiger partial charge in [-0.05, 0) is 6.07 Å². The summed E-state index contributed by atoms with van der Waals surface area (Å²) in [7, 11) is 0. The number of carboxylic acids is 1. The van der Waals surface area contributed by atoms with Gasteiger partial charge in [-0.3, -0.25) is 4.98 Å². The molecule has 17 heavy (non-hydrogen) atoms. The Kier molecular flexibility index (Phi) is 3.30. The number of para-hydroxylation sites is 1. The van der Waals surface area contributed by atoms with Crippen LogP contribution in [0.2, 0.25) is 0 Å². The first-order valence-electron chi connectivity index (χ1n) is 4.98. The Morgan fingerprint density at radius 3 is 3.06 bits per heavy atom. The lowest BCUT2D eigenvalue weighted by molar-refractivity contribution is -0.142. The molecule has 0 saturated carbocycles. The molecule has 0 radical (unpaired) electrons. The zero-order valence-corrected chi connectivity index (χ0v) is 8.91. The SMILES string of the molecule is O=C(O)CON=Cc1cccc2cccnc12. The number of fused-ring (bicyclic) bond motifs is 1. The zero-order valence-electron chi connectivity index (χ0n) is 8.91. The molecule has 0 spiro atoms. The first kappa shape index (κ1) is 11.1. The molecule has 0 aliphatic heterocycles. The molecule has 1 aromatic heterocycles. The van der Waals surface area contributed by atoms with E-state index < -0.39 is 12.6 Å². The van der Waals surface area contributed by atoms with Crippen molar-refractivity contribution in [3.05, 3.63) is 42.1 Å². The number of rotatable bonds is 4. The summed E-state index contributed by atoms with van der Waals surface area (Å²) in [6.45, 7) is -0.450. The van der Waals surface area contributed by atoms with Gasteiger partial charge in [0.2, 0.25) is 6.61 Å². The molecule has 86 valence electrons. The van der Waals surface area contributed by atoms with Crippen LogP contribution in [0.3, 0.4) is 0 Å². The molecule has 0 fully saturated rings. The van der Waals surface area contributed by atoms with Gasteiger partial charge in [-0.25, -0.2) is 4.79 Å². The Balaban J connectivity index is 2.21. The number of benzene rings is 1. The highest BCUT2D eigenvalue weighted by molar-refractivity contribution is 5.97. The first-order chi connectivity index (χ1) is 8.27. The lowest BCUT2D eigenvalue weighted by Crippen LogP contribution is -2.03. The number of carboxylic acid groups (broad SMARTS) is 1. The minimum Gasteiger partial charge on any atom is -0.479 e. The summed E-state index contributed by atoms with van der Waals surface area (Å²) in [5, 5.41) is 13.0. The van der Waals surface area contributed by atoms with E-state index in [2.05, 4.69) is 15.0 Å². The van der Waals surface area contributed by atoms with Crippen molar-refractivity contribution in [1.29, 1.82) is 0 Å². The second-order valence-corrected chi connectivity index (χ2v) is 3.32. The van der Waals surface area contributed by atoms with E-state index in [-0.39, 0.29) is 0 Å². The van der Waals surface area contributed by atoms with Crippen LogP contribution >= 0.6 is 0 Å². The molecule has 0 aliphatic carbocycles. The van der Waals surface area contributed by atoms with Crippen molar-refractivity contribution in [3.8, 4) is 0 Å². The van der Waals surface area contributed by atoms with Gasteiger partial charge in [-0.2, -0.15) is 0 Å². The average Bonchev–Trinajstić information content (AvgIpc) is 2.34. The van der Waals surface area contributed by atoms with Crippen molar-refractivity contribution in [3.63, 3.8) is 0 Å². The Bertz CT molecular complexity index is 561. The lowest BCUT2D eigenvalue weighted by atomic mass is 10.1. The van der Waals surface area contributed by atoms with Crippen molar-refractivity contribution in [2.45, 2.75) is 0 Å². The van der Waals surface area contributed by atoms with Gasteiger partial charge in [0.15, 0.2) is 0 Å². The number of hydrogen-bond donors (Lipinski definition) is 1. The maximum atomic E-state index is 10.2. The summed E-state index contributed by atoms with van der Waals surface area (Å²) in [6, 6.07) is 9.45. The molecule has 2 aromatic rings. The molecule has 2 rings (SSSR count). The number of carbonyl (C=O) groups is 1. The van der Waals surface area contributed by atoms with Gasteiger partial charge in [0.05, 0.1) is 11.7 Å². The van der Waals surface area contributed by atoms with Gasteiger partial charge in [0.1, 0.15) is 0 Å². The molecule has 0 atom stereocenters. The van der Waals surface area contributed by atoms with Crippen LogP contribution in [0.1, 0.15) is 5.56 Å². The Labute approximate surface area is 97.3 Å². The highest BCUT2D eigenvalue weighted by Gasteiger charge is 1.99. The summed E-state index contributed by atoms with van der Waals surface area (Å²) in [4.78, 5) is 19.0. The van der Waals surface area contributed by atoms with Crippen LogP contribution < -0.4 is 0 Å². The Morgan fingerprint density at radius 1 is 1.41 bits per heavy atom. The molecule has 1 N–H and O–H groups in total. The molecule has 1 aromatic carbocycles. The molecule has 0 unspecified atom stereocenters. The van der Waals surface area contributed by atoms with Crippen LogP contribution in [0.25, 0.3) is 10.9 Å². The maximum Gasteiger partial charge on any atom is 0.344 e. The number of oxime groups is 1. The standard InChI is InChI=1S/C12H10N2O3/c15-11(16)8-17-14-7-10-4-1-3-9-5-2-6-13-12(9)10/h1-7H,8H2,(H,15,16). The van der Waals surface area contributed by atoms with E-state index in [9.17, 15) is 4.79 Å². The van der Waals surface area contributed by atoms with E-state index in [1.807, 2.05) is 30.3 Å². The fourth-order valence-corrected chi connectivity index (χ4v) is 1.42. The van der Waals surface area contributed by atoms with Crippen molar-refractivity contribution >= 4 is 23.1 Å². The quantitative estimate of drug-likeness (QED) is 0.640. The molecule has 0 amide bonds. The lowest BCUT2D eigenvalue weighted by Gasteiger charge is -1.99. The minimum absolute atomic E-state index is 0.450. The summed E-state index contributed by atoms with van der Waals surface area (Å²) in [5.74, 6) is -1.06. The second kappa shape index (κ2) is 5.07. The van der Waals surface area contributed by atoms with Crippen molar-refractivity contribution in [2.24, 2.45) is 5.16 Å². The van der Waals surface area contributed by atoms with Gasteiger partial charge in [-0.15, -0.1) is 0 Å². The van der Waals surface area contributed by atoms with Crippen LogP contribution in [-0.4, -0.2) is 28.9 Å². The molecule has 1 heterocycles. The number of aliphatic carboxylic acids is 1. The molecular weight excluding hydrogens is 220 g/mol. The molecular formula is C12H10N2O3. The Morgan fingerprint density at radius 2 is 2.24 bits per heavy atom. The van der Waals surface area contributed by atoms with Gasteiger partial charge in [0.25, 0.3) is 0 Å². The zero-order chi connectivity index (χ0) is 12.1. The predicted molar refractivity (Wildman–Crippen MR) is 62.9 cm³/mol. The van der Waals surface area contributed by atoms with Crippen molar-refractivity contribution in [2.75, 3.05) is 6.61 Å². The van der Waals surface area contributed by atoms with E-state index in [0.29, 0.717) is 0 Å². The fourth-order valence-electron chi connectivity index (χ4n) is 1.42. The highest BCUT2D eigenvalue weighted by Crippen LogP contribution is 2.13. The van der Waals surface area contributed by atoms with Crippen LogP contribution in [-0.2, 0) is 9.63 Å². The summed E-state index contributed by atoms with van der Waals surface area (Å²) < 4.78 is 0. The number of nitrogens with zero attached hydrogens (tertiary/aromatic N) is 2. The monoisotopic (exact) mass is 230 g/mol. The first-order valence-corrected chi connectivity index (χ1v) is 4.98.